The van der Waals surface area contributed by atoms with Crippen LogP contribution in [0.15, 0.2) is 45.5 Å². The van der Waals surface area contributed by atoms with Crippen molar-refractivity contribution in [2.24, 2.45) is 0 Å². The highest BCUT2D eigenvalue weighted by atomic mass is 35.5. The number of aromatic nitrogens is 2. The maximum Gasteiger partial charge on any atom is 0.308 e. The molecule has 0 radical (unpaired) electrons. The van der Waals surface area contributed by atoms with Crippen molar-refractivity contribution in [1.29, 1.82) is 0 Å². The highest BCUT2D eigenvalue weighted by Gasteiger charge is 2.13. The number of thiophene rings is 1. The fourth-order valence-corrected chi connectivity index (χ4v) is 2.90. The number of hydrogen-bond acceptors (Lipinski definition) is 7. The van der Waals surface area contributed by atoms with Gasteiger partial charge in [0.2, 0.25) is 5.89 Å². The Morgan fingerprint density at radius 1 is 1.23 bits per heavy atom. The van der Waals surface area contributed by atoms with Crippen LogP contribution in [-0.4, -0.2) is 28.6 Å². The van der Waals surface area contributed by atoms with Crippen molar-refractivity contribution in [2.75, 3.05) is 6.54 Å². The molecule has 0 saturated carbocycles. The smallest absolute Gasteiger partial charge is 0.308 e. The average molecular weight is 392 g/mol. The molecule has 7 nitrogen and oxygen atoms in total. The lowest BCUT2D eigenvalue weighted by molar-refractivity contribution is -0.145. The number of carbonyl (C=O) groups is 2. The van der Waals surface area contributed by atoms with E-state index in [0.29, 0.717) is 16.1 Å². The zero-order chi connectivity index (χ0) is 18.4. The number of ether oxygens (including phenoxy) is 1. The molecule has 2 heterocycles. The number of esters is 1. The highest BCUT2D eigenvalue weighted by Crippen LogP contribution is 2.26. The molecule has 9 heteroatoms. The average Bonchev–Trinajstić information content (AvgIpc) is 3.32. The molecule has 0 atom stereocenters. The zero-order valence-corrected chi connectivity index (χ0v) is 15.0. The van der Waals surface area contributed by atoms with Crippen LogP contribution < -0.4 is 5.32 Å². The third-order valence-corrected chi connectivity index (χ3v) is 4.34. The normalized spacial score (nSPS) is 10.5. The Bertz CT molecular complexity index is 895. The van der Waals surface area contributed by atoms with Gasteiger partial charge >= 0.3 is 5.97 Å². The van der Waals surface area contributed by atoms with Crippen LogP contribution in [0.2, 0.25) is 5.02 Å². The summed E-state index contributed by atoms with van der Waals surface area (Å²) in [5.41, 5.74) is 1.18. The van der Waals surface area contributed by atoms with Gasteiger partial charge in [0.05, 0.1) is 17.0 Å². The summed E-state index contributed by atoms with van der Waals surface area (Å²) in [6, 6.07) is 8.77. The third-order valence-electron chi connectivity index (χ3n) is 3.33. The van der Waals surface area contributed by atoms with Crippen molar-refractivity contribution in [3.63, 3.8) is 0 Å². The summed E-state index contributed by atoms with van der Waals surface area (Å²) in [6.07, 6.45) is 0.0430. The third kappa shape index (κ3) is 4.68. The van der Waals surface area contributed by atoms with E-state index in [1.807, 2.05) is 5.38 Å². The number of rotatable bonds is 7. The van der Waals surface area contributed by atoms with Crippen LogP contribution >= 0.6 is 22.9 Å². The van der Waals surface area contributed by atoms with Crippen molar-refractivity contribution < 1.29 is 18.7 Å². The Labute approximate surface area is 158 Å². The van der Waals surface area contributed by atoms with Crippen LogP contribution in [0.5, 0.6) is 0 Å². The number of nitrogens with zero attached hydrogens (tertiary/aromatic N) is 2. The second-order valence-corrected chi connectivity index (χ2v) is 6.35. The topological polar surface area (TPSA) is 94.3 Å². The Balaban J connectivity index is 1.44. The lowest BCUT2D eigenvalue weighted by Crippen LogP contribution is -2.26. The fourth-order valence-electron chi connectivity index (χ4n) is 2.04. The summed E-state index contributed by atoms with van der Waals surface area (Å²) in [4.78, 5) is 23.5. The number of hydrogen-bond donors (Lipinski definition) is 1. The van der Waals surface area contributed by atoms with E-state index in [1.165, 1.54) is 11.3 Å². The maximum absolute atomic E-state index is 11.7. The number of carbonyl (C=O) groups excluding carboxylic acids is 2. The van der Waals surface area contributed by atoms with E-state index in [0.717, 1.165) is 0 Å². The van der Waals surface area contributed by atoms with Gasteiger partial charge in [-0.25, -0.2) is 0 Å². The Morgan fingerprint density at radius 3 is 2.85 bits per heavy atom. The molecule has 0 spiro atoms. The molecular weight excluding hydrogens is 378 g/mol. The van der Waals surface area contributed by atoms with Gasteiger partial charge in [0, 0.05) is 17.5 Å². The van der Waals surface area contributed by atoms with E-state index in [-0.39, 0.29) is 37.3 Å². The van der Waals surface area contributed by atoms with E-state index < -0.39 is 5.97 Å². The standard InChI is InChI=1S/C17H14ClN3O4S/c18-13-4-2-1-3-12(13)17-21-20-14(25-17)9-24-15(22)5-7-19-16(23)11-6-8-26-10-11/h1-4,6,8,10H,5,7,9H2,(H,19,23). The molecule has 0 bridgehead atoms. The minimum atomic E-state index is -0.479. The highest BCUT2D eigenvalue weighted by molar-refractivity contribution is 7.08. The van der Waals surface area contributed by atoms with Crippen LogP contribution in [0, 0.1) is 0 Å². The number of amides is 1. The van der Waals surface area contributed by atoms with Crippen LogP contribution in [0.3, 0.4) is 0 Å². The molecule has 0 aliphatic heterocycles. The summed E-state index contributed by atoms with van der Waals surface area (Å²) in [5, 5.41) is 14.4. The molecule has 0 unspecified atom stereocenters. The quantitative estimate of drug-likeness (QED) is 0.621. The maximum atomic E-state index is 11.7. The lowest BCUT2D eigenvalue weighted by Gasteiger charge is -2.04. The molecule has 1 amide bonds. The second-order valence-electron chi connectivity index (χ2n) is 5.16. The minimum Gasteiger partial charge on any atom is -0.456 e. The SMILES string of the molecule is O=C(CCNC(=O)c1ccsc1)OCc1nnc(-c2ccccc2Cl)o1. The molecule has 0 aliphatic carbocycles. The monoisotopic (exact) mass is 391 g/mol. The van der Waals surface area contributed by atoms with Crippen molar-refractivity contribution >= 4 is 34.8 Å². The van der Waals surface area contributed by atoms with Gasteiger partial charge in [-0.3, -0.25) is 9.59 Å². The Hall–Kier alpha value is -2.71. The summed E-state index contributed by atoms with van der Waals surface area (Å²) in [6.45, 7) is 0.0387. The Morgan fingerprint density at radius 2 is 2.08 bits per heavy atom. The summed E-state index contributed by atoms with van der Waals surface area (Å²) in [7, 11) is 0. The van der Waals surface area contributed by atoms with Gasteiger partial charge in [-0.15, -0.1) is 10.2 Å². The van der Waals surface area contributed by atoms with E-state index in [2.05, 4.69) is 15.5 Å². The fraction of sp³-hybridized carbons (Fsp3) is 0.176. The van der Waals surface area contributed by atoms with Gasteiger partial charge in [-0.2, -0.15) is 11.3 Å². The molecule has 2 aromatic heterocycles. The number of nitrogens with one attached hydrogen (secondary N) is 1. The molecule has 26 heavy (non-hydrogen) atoms. The largest absolute Gasteiger partial charge is 0.456 e. The van der Waals surface area contributed by atoms with E-state index >= 15 is 0 Å². The van der Waals surface area contributed by atoms with E-state index in [4.69, 9.17) is 20.8 Å². The van der Waals surface area contributed by atoms with Crippen LogP contribution in [-0.2, 0) is 16.1 Å². The van der Waals surface area contributed by atoms with E-state index in [1.54, 1.807) is 35.7 Å². The van der Waals surface area contributed by atoms with Crippen molar-refractivity contribution in [2.45, 2.75) is 13.0 Å². The molecule has 1 aromatic carbocycles. The predicted molar refractivity (Wildman–Crippen MR) is 95.8 cm³/mol. The lowest BCUT2D eigenvalue weighted by atomic mass is 10.2. The van der Waals surface area contributed by atoms with Gasteiger partial charge in [-0.05, 0) is 23.6 Å². The van der Waals surface area contributed by atoms with Crippen molar-refractivity contribution in [3.05, 3.63) is 57.6 Å². The van der Waals surface area contributed by atoms with E-state index in [9.17, 15) is 9.59 Å². The first-order valence-electron chi connectivity index (χ1n) is 7.67. The zero-order valence-electron chi connectivity index (χ0n) is 13.5. The van der Waals surface area contributed by atoms with Crippen LogP contribution in [0.25, 0.3) is 11.5 Å². The molecule has 3 aromatic rings. The summed E-state index contributed by atoms with van der Waals surface area (Å²) < 4.78 is 10.5. The first-order valence-corrected chi connectivity index (χ1v) is 8.99. The minimum absolute atomic E-state index is 0.0430. The molecule has 0 aliphatic rings. The first kappa shape index (κ1) is 18.1. The first-order chi connectivity index (χ1) is 12.6. The Kier molecular flexibility index (Phi) is 5.98. The predicted octanol–water partition coefficient (Wildman–Crippen LogP) is 3.31. The van der Waals surface area contributed by atoms with Crippen LogP contribution in [0.4, 0.5) is 0 Å². The molecule has 1 N–H and O–H groups in total. The number of halogens is 1. The number of benzene rings is 1. The van der Waals surface area contributed by atoms with Crippen molar-refractivity contribution in [3.8, 4) is 11.5 Å². The van der Waals surface area contributed by atoms with Crippen LogP contribution in [0.1, 0.15) is 22.7 Å². The summed E-state index contributed by atoms with van der Waals surface area (Å²) in [5.74, 6) is -0.284. The molecule has 134 valence electrons. The summed E-state index contributed by atoms with van der Waals surface area (Å²) >= 11 is 7.50. The molecular formula is C17H14ClN3O4S. The van der Waals surface area contributed by atoms with Gasteiger partial charge in [0.1, 0.15) is 0 Å². The van der Waals surface area contributed by atoms with Gasteiger partial charge < -0.3 is 14.5 Å². The second kappa shape index (κ2) is 8.59. The van der Waals surface area contributed by atoms with Gasteiger partial charge in [0.25, 0.3) is 11.8 Å². The molecule has 0 saturated heterocycles. The van der Waals surface area contributed by atoms with Gasteiger partial charge in [0.15, 0.2) is 6.61 Å². The molecule has 3 rings (SSSR count). The van der Waals surface area contributed by atoms with Gasteiger partial charge in [-0.1, -0.05) is 23.7 Å². The van der Waals surface area contributed by atoms with Crippen molar-refractivity contribution in [1.82, 2.24) is 15.5 Å². The molecule has 0 fully saturated rings.